The summed E-state index contributed by atoms with van der Waals surface area (Å²) in [7, 11) is 1.32. The molecule has 1 atom stereocenters. The monoisotopic (exact) mass is 732 g/mol. The number of aromatic hydroxyl groups is 1. The first-order valence-electron chi connectivity index (χ1n) is 16.4. The largest absolute Gasteiger partial charge is 0.507 e. The number of carbonyl (C=O) groups is 5. The van der Waals surface area contributed by atoms with Gasteiger partial charge in [0.2, 0.25) is 0 Å². The summed E-state index contributed by atoms with van der Waals surface area (Å²) in [4.78, 5) is 64.5. The van der Waals surface area contributed by atoms with Gasteiger partial charge in [0, 0.05) is 11.6 Å². The van der Waals surface area contributed by atoms with Gasteiger partial charge in [-0.2, -0.15) is 0 Å². The van der Waals surface area contributed by atoms with Gasteiger partial charge in [-0.25, -0.2) is 14.4 Å². The van der Waals surface area contributed by atoms with Crippen molar-refractivity contribution >= 4 is 41.3 Å². The Balaban J connectivity index is 1.66. The molecular formula is C40H41ClO11. The first kappa shape index (κ1) is 39.4. The van der Waals surface area contributed by atoms with Crippen molar-refractivity contribution in [3.8, 4) is 23.0 Å². The summed E-state index contributed by atoms with van der Waals surface area (Å²) < 4.78 is 22.6. The summed E-state index contributed by atoms with van der Waals surface area (Å²) in [5.74, 6) is -5.00. The first-order valence-corrected chi connectivity index (χ1v) is 16.8. The van der Waals surface area contributed by atoms with E-state index in [0.29, 0.717) is 56.7 Å². The van der Waals surface area contributed by atoms with Crippen LogP contribution in [0.2, 0.25) is 5.02 Å². The number of ketones is 1. The summed E-state index contributed by atoms with van der Waals surface area (Å²) in [6, 6.07) is 1.51. The van der Waals surface area contributed by atoms with E-state index in [9.17, 15) is 34.2 Å². The van der Waals surface area contributed by atoms with Crippen LogP contribution in [0, 0.1) is 61.3 Å². The number of rotatable bonds is 9. The molecule has 4 rings (SSSR count). The number of phenols is 1. The number of halogens is 1. The molecule has 2 N–H and O–H groups in total. The van der Waals surface area contributed by atoms with E-state index < -0.39 is 35.5 Å². The number of phenolic OH excluding ortho intramolecular Hbond substituents is 1. The minimum absolute atomic E-state index is 0.00172. The lowest BCUT2D eigenvalue weighted by molar-refractivity contribution is -0.137. The van der Waals surface area contributed by atoms with E-state index in [1.165, 1.54) is 39.2 Å². The normalized spacial score (nSPS) is 14.0. The Labute approximate surface area is 306 Å². The highest BCUT2D eigenvalue weighted by Crippen LogP contribution is 2.43. The fourth-order valence-electron chi connectivity index (χ4n) is 6.56. The number of hydrogen-bond acceptors (Lipinski definition) is 10. The summed E-state index contributed by atoms with van der Waals surface area (Å²) in [5.41, 5.74) is 4.22. The van der Waals surface area contributed by atoms with Crippen molar-refractivity contribution in [3.63, 3.8) is 0 Å². The van der Waals surface area contributed by atoms with Crippen LogP contribution < -0.4 is 14.2 Å². The predicted molar refractivity (Wildman–Crippen MR) is 193 cm³/mol. The molecular weight excluding hydrogens is 692 g/mol. The molecule has 12 heteroatoms. The van der Waals surface area contributed by atoms with Crippen molar-refractivity contribution in [2.75, 3.05) is 7.11 Å². The maximum atomic E-state index is 13.7. The van der Waals surface area contributed by atoms with Crippen molar-refractivity contribution in [3.05, 3.63) is 101 Å². The van der Waals surface area contributed by atoms with Crippen molar-refractivity contribution in [2.45, 2.75) is 75.7 Å². The number of methoxy groups -OCH3 is 1. The SMILES string of the molecule is CCc1c(C)c(C(=O)O)c(C)c(C)c1OC(=O)c1c(C)cc(OC(=O)c2c(C)c(Cl)c(OC(=O)C3C(C)=CC(=O)C=C3OC)c(C)c2O)c(C)c1C. The molecule has 0 amide bonds. The number of aryl methyl sites for hydroxylation is 1. The molecule has 0 saturated carbocycles. The van der Waals surface area contributed by atoms with Gasteiger partial charge in [-0.15, -0.1) is 0 Å². The second kappa shape index (κ2) is 15.1. The van der Waals surface area contributed by atoms with Gasteiger partial charge in [0.15, 0.2) is 11.5 Å². The van der Waals surface area contributed by atoms with Gasteiger partial charge in [-0.1, -0.05) is 18.5 Å². The third kappa shape index (κ3) is 6.92. The fraction of sp³-hybridized carbons (Fsp3) is 0.325. The number of hydrogen-bond donors (Lipinski definition) is 2. The van der Waals surface area contributed by atoms with E-state index in [2.05, 4.69) is 0 Å². The fourth-order valence-corrected chi connectivity index (χ4v) is 6.83. The molecule has 11 nitrogen and oxygen atoms in total. The van der Waals surface area contributed by atoms with Crippen molar-refractivity contribution in [2.24, 2.45) is 5.92 Å². The van der Waals surface area contributed by atoms with E-state index in [0.717, 1.165) is 0 Å². The van der Waals surface area contributed by atoms with Crippen molar-refractivity contribution in [1.29, 1.82) is 0 Å². The topological polar surface area (TPSA) is 163 Å². The van der Waals surface area contributed by atoms with Gasteiger partial charge in [-0.05, 0) is 131 Å². The molecule has 0 bridgehead atoms. The molecule has 0 spiro atoms. The van der Waals surface area contributed by atoms with Gasteiger partial charge in [0.1, 0.15) is 34.5 Å². The molecule has 3 aromatic carbocycles. The second-order valence-corrected chi connectivity index (χ2v) is 13.2. The zero-order valence-corrected chi connectivity index (χ0v) is 31.7. The van der Waals surface area contributed by atoms with Crippen LogP contribution in [0.5, 0.6) is 23.0 Å². The van der Waals surface area contributed by atoms with E-state index in [-0.39, 0.29) is 55.9 Å². The second-order valence-electron chi connectivity index (χ2n) is 12.8. The maximum absolute atomic E-state index is 13.7. The first-order chi connectivity index (χ1) is 24.3. The number of carboxylic acid groups (broad SMARTS) is 1. The predicted octanol–water partition coefficient (Wildman–Crippen LogP) is 7.79. The lowest BCUT2D eigenvalue weighted by Crippen LogP contribution is -2.27. The van der Waals surface area contributed by atoms with Crippen LogP contribution in [0.4, 0.5) is 0 Å². The highest BCUT2D eigenvalue weighted by atomic mass is 35.5. The molecule has 1 aliphatic carbocycles. The number of carbonyl (C=O) groups excluding carboxylic acids is 4. The van der Waals surface area contributed by atoms with Crippen molar-refractivity contribution < 1.29 is 53.1 Å². The molecule has 0 radical (unpaired) electrons. The lowest BCUT2D eigenvalue weighted by Gasteiger charge is -2.23. The molecule has 0 heterocycles. The van der Waals surface area contributed by atoms with Crippen LogP contribution in [0.1, 0.15) is 95.0 Å². The van der Waals surface area contributed by atoms with E-state index in [1.807, 2.05) is 6.92 Å². The molecule has 3 aromatic rings. The highest BCUT2D eigenvalue weighted by Gasteiger charge is 2.34. The molecule has 52 heavy (non-hydrogen) atoms. The Hall–Kier alpha value is -5.42. The van der Waals surface area contributed by atoms with Crippen molar-refractivity contribution in [1.82, 2.24) is 0 Å². The number of benzene rings is 3. The molecule has 1 aliphatic rings. The Kier molecular flexibility index (Phi) is 11.4. The number of allylic oxidation sites excluding steroid dienone is 2. The molecule has 1 unspecified atom stereocenters. The number of esters is 3. The minimum Gasteiger partial charge on any atom is -0.507 e. The van der Waals surface area contributed by atoms with E-state index in [4.69, 9.17) is 30.5 Å². The standard InChI is InChI=1S/C40H41ClO11/c1-12-26-22(8)31(37(44)45)20(6)21(7)35(26)51-38(46)29-17(3)14-27(18(4)19(29)5)50-40(48)32-23(9)33(41)36(24(10)34(32)43)52-39(47)30-16(2)13-25(42)15-28(30)49-11/h13-15,30,43H,12H2,1-11H3,(H,44,45). The average Bonchev–Trinajstić information content (AvgIpc) is 3.06. The lowest BCUT2D eigenvalue weighted by atomic mass is 9.91. The molecule has 274 valence electrons. The van der Waals surface area contributed by atoms with E-state index in [1.54, 1.807) is 48.5 Å². The maximum Gasteiger partial charge on any atom is 0.347 e. The zero-order chi connectivity index (χ0) is 39.1. The smallest absolute Gasteiger partial charge is 0.347 e. The van der Waals surface area contributed by atoms with Gasteiger partial charge in [-0.3, -0.25) is 9.59 Å². The molecule has 0 aromatic heterocycles. The number of aromatic carboxylic acids is 1. The third-order valence-electron chi connectivity index (χ3n) is 9.71. The van der Waals surface area contributed by atoms with Crippen LogP contribution in [-0.2, 0) is 20.7 Å². The van der Waals surface area contributed by atoms with Gasteiger partial charge < -0.3 is 29.2 Å². The van der Waals surface area contributed by atoms with Crippen LogP contribution in [0.3, 0.4) is 0 Å². The van der Waals surface area contributed by atoms with Gasteiger partial charge in [0.25, 0.3) is 0 Å². The Morgan fingerprint density at radius 3 is 1.90 bits per heavy atom. The summed E-state index contributed by atoms with van der Waals surface area (Å²) >= 11 is 6.62. The Morgan fingerprint density at radius 2 is 1.33 bits per heavy atom. The summed E-state index contributed by atoms with van der Waals surface area (Å²) in [5, 5.41) is 20.9. The summed E-state index contributed by atoms with van der Waals surface area (Å²) in [6.45, 7) is 16.4. The Bertz CT molecular complexity index is 2120. The van der Waals surface area contributed by atoms with Gasteiger partial charge >= 0.3 is 23.9 Å². The highest BCUT2D eigenvalue weighted by molar-refractivity contribution is 6.33. The number of carboxylic acids is 1. The zero-order valence-electron chi connectivity index (χ0n) is 31.0. The third-order valence-corrected chi connectivity index (χ3v) is 10.2. The van der Waals surface area contributed by atoms with Crippen LogP contribution >= 0.6 is 11.6 Å². The quantitative estimate of drug-likeness (QED) is 0.163. The molecule has 0 fully saturated rings. The van der Waals surface area contributed by atoms with Crippen LogP contribution in [0.25, 0.3) is 0 Å². The van der Waals surface area contributed by atoms with E-state index >= 15 is 0 Å². The molecule has 0 aliphatic heterocycles. The van der Waals surface area contributed by atoms with Gasteiger partial charge in [0.05, 0.1) is 23.3 Å². The minimum atomic E-state index is -1.06. The summed E-state index contributed by atoms with van der Waals surface area (Å²) in [6.07, 6.45) is 2.91. The number of ether oxygens (including phenoxy) is 4. The molecule has 0 saturated heterocycles. The average molecular weight is 733 g/mol. The van der Waals surface area contributed by atoms with Crippen LogP contribution in [-0.4, -0.2) is 47.0 Å². The van der Waals surface area contributed by atoms with Crippen LogP contribution in [0.15, 0.2) is 29.6 Å². The Morgan fingerprint density at radius 1 is 0.731 bits per heavy atom.